The van der Waals surface area contributed by atoms with Gasteiger partial charge >= 0.3 is 0 Å². The molecule has 0 bridgehead atoms. The number of hydrogen-bond donors (Lipinski definition) is 2. The van der Waals surface area contributed by atoms with Crippen LogP contribution >= 0.6 is 0 Å². The van der Waals surface area contributed by atoms with Gasteiger partial charge in [0.1, 0.15) is 11.9 Å². The van der Waals surface area contributed by atoms with Gasteiger partial charge in [-0.05, 0) is 31.5 Å². The highest BCUT2D eigenvalue weighted by atomic mass is 16.4. The Bertz CT molecular complexity index is 462. The van der Waals surface area contributed by atoms with Crippen LogP contribution in [-0.4, -0.2) is 11.7 Å². The molecule has 3 heteroatoms. The lowest BCUT2D eigenvalue weighted by Gasteiger charge is -2.16. The van der Waals surface area contributed by atoms with E-state index in [0.717, 1.165) is 0 Å². The summed E-state index contributed by atoms with van der Waals surface area (Å²) in [6.07, 6.45) is 0.968. The lowest BCUT2D eigenvalue weighted by Crippen LogP contribution is -2.24. The Morgan fingerprint density at radius 2 is 1.94 bits per heavy atom. The molecule has 1 aromatic carbocycles. The summed E-state index contributed by atoms with van der Waals surface area (Å²) in [6, 6.07) is 12.2. The monoisotopic (exact) mass is 245 g/mol. The molecule has 0 saturated heterocycles. The second-order valence-corrected chi connectivity index (χ2v) is 4.57. The summed E-state index contributed by atoms with van der Waals surface area (Å²) in [7, 11) is 0. The molecule has 0 aliphatic carbocycles. The van der Waals surface area contributed by atoms with E-state index in [0.29, 0.717) is 12.3 Å². The predicted molar refractivity (Wildman–Crippen MR) is 71.3 cm³/mol. The van der Waals surface area contributed by atoms with Gasteiger partial charge in [0.15, 0.2) is 0 Å². The van der Waals surface area contributed by atoms with E-state index in [-0.39, 0.29) is 6.04 Å². The maximum atomic E-state index is 9.89. The summed E-state index contributed by atoms with van der Waals surface area (Å²) in [4.78, 5) is 0. The molecule has 0 spiro atoms. The molecular formula is C15H19NO2. The fraction of sp³-hybridized carbons (Fsp3) is 0.333. The van der Waals surface area contributed by atoms with Crippen LogP contribution in [0.1, 0.15) is 36.0 Å². The maximum absolute atomic E-state index is 9.89. The number of hydrogen-bond acceptors (Lipinski definition) is 3. The van der Waals surface area contributed by atoms with E-state index in [1.54, 1.807) is 18.4 Å². The molecule has 2 aromatic rings. The molecule has 0 aliphatic heterocycles. The summed E-state index contributed by atoms with van der Waals surface area (Å²) in [5, 5.41) is 13.2. The van der Waals surface area contributed by atoms with Crippen LogP contribution in [0.25, 0.3) is 0 Å². The molecule has 3 nitrogen and oxygen atoms in total. The molecule has 1 heterocycles. The van der Waals surface area contributed by atoms with Gasteiger partial charge in [-0.15, -0.1) is 0 Å². The quantitative estimate of drug-likeness (QED) is 0.851. The first-order chi connectivity index (χ1) is 8.66. The largest absolute Gasteiger partial charge is 0.467 e. The molecule has 2 rings (SSSR count). The van der Waals surface area contributed by atoms with Crippen molar-refractivity contribution < 1.29 is 9.52 Å². The first-order valence-corrected chi connectivity index (χ1v) is 6.18. The Morgan fingerprint density at radius 3 is 2.56 bits per heavy atom. The van der Waals surface area contributed by atoms with Gasteiger partial charge in [0, 0.05) is 12.6 Å². The average Bonchev–Trinajstić information content (AvgIpc) is 2.90. The highest BCUT2D eigenvalue weighted by Gasteiger charge is 2.12. The van der Waals surface area contributed by atoms with Crippen molar-refractivity contribution in [1.82, 2.24) is 5.32 Å². The van der Waals surface area contributed by atoms with Crippen LogP contribution in [0.4, 0.5) is 0 Å². The normalized spacial score (nSPS) is 14.4. The minimum Gasteiger partial charge on any atom is -0.467 e. The lowest BCUT2D eigenvalue weighted by molar-refractivity contribution is 0.144. The van der Waals surface area contributed by atoms with E-state index in [1.165, 1.54) is 11.1 Å². The van der Waals surface area contributed by atoms with Gasteiger partial charge in [0.2, 0.25) is 0 Å². The van der Waals surface area contributed by atoms with Gasteiger partial charge in [-0.1, -0.05) is 29.8 Å². The SMILES string of the molecule is Cc1ccc([C@@H](C)NCC(O)c2ccco2)cc1. The van der Waals surface area contributed by atoms with Crippen LogP contribution in [0.2, 0.25) is 0 Å². The highest BCUT2D eigenvalue weighted by molar-refractivity contribution is 5.23. The molecule has 1 aromatic heterocycles. The molecule has 2 atom stereocenters. The fourth-order valence-electron chi connectivity index (χ4n) is 1.84. The fourth-order valence-corrected chi connectivity index (χ4v) is 1.84. The maximum Gasteiger partial charge on any atom is 0.133 e. The van der Waals surface area contributed by atoms with Gasteiger partial charge in [0.25, 0.3) is 0 Å². The van der Waals surface area contributed by atoms with E-state index < -0.39 is 6.10 Å². The van der Waals surface area contributed by atoms with E-state index >= 15 is 0 Å². The van der Waals surface area contributed by atoms with E-state index in [4.69, 9.17) is 4.42 Å². The molecule has 18 heavy (non-hydrogen) atoms. The summed E-state index contributed by atoms with van der Waals surface area (Å²) >= 11 is 0. The Hall–Kier alpha value is -1.58. The van der Waals surface area contributed by atoms with Gasteiger partial charge in [0.05, 0.1) is 6.26 Å². The van der Waals surface area contributed by atoms with Crippen molar-refractivity contribution in [3.63, 3.8) is 0 Å². The molecule has 1 unspecified atom stereocenters. The van der Waals surface area contributed by atoms with Crippen molar-refractivity contribution >= 4 is 0 Å². The van der Waals surface area contributed by atoms with Crippen LogP contribution < -0.4 is 5.32 Å². The third-order valence-electron chi connectivity index (χ3n) is 3.07. The number of benzene rings is 1. The Labute approximate surface area is 107 Å². The van der Waals surface area contributed by atoms with Crippen molar-refractivity contribution in [1.29, 1.82) is 0 Å². The molecule has 0 aliphatic rings. The molecule has 2 N–H and O–H groups in total. The molecule has 0 fully saturated rings. The topological polar surface area (TPSA) is 45.4 Å². The van der Waals surface area contributed by atoms with Crippen molar-refractivity contribution in [2.75, 3.05) is 6.54 Å². The predicted octanol–water partition coefficient (Wildman–Crippen LogP) is 2.97. The van der Waals surface area contributed by atoms with Gasteiger partial charge in [-0.3, -0.25) is 0 Å². The summed E-state index contributed by atoms with van der Waals surface area (Å²) in [5.41, 5.74) is 2.47. The summed E-state index contributed by atoms with van der Waals surface area (Å²) < 4.78 is 5.16. The standard InChI is InChI=1S/C15H19NO2/c1-11-5-7-13(8-6-11)12(2)16-10-14(17)15-4-3-9-18-15/h3-9,12,14,16-17H,10H2,1-2H3/t12-,14?/m1/s1. The van der Waals surface area contributed by atoms with E-state index in [9.17, 15) is 5.11 Å². The average molecular weight is 245 g/mol. The van der Waals surface area contributed by atoms with Crippen molar-refractivity contribution in [2.45, 2.75) is 26.0 Å². The number of aliphatic hydroxyl groups is 1. The van der Waals surface area contributed by atoms with Crippen LogP contribution in [0.15, 0.2) is 47.1 Å². The molecule has 0 radical (unpaired) electrons. The van der Waals surface area contributed by atoms with Crippen molar-refractivity contribution in [2.24, 2.45) is 0 Å². The molecule has 96 valence electrons. The first kappa shape index (κ1) is 12.9. The lowest BCUT2D eigenvalue weighted by atomic mass is 10.1. The number of furan rings is 1. The van der Waals surface area contributed by atoms with E-state index in [2.05, 4.69) is 43.4 Å². The second kappa shape index (κ2) is 5.85. The molecular weight excluding hydrogens is 226 g/mol. The number of aryl methyl sites for hydroxylation is 1. The van der Waals surface area contributed by atoms with Gasteiger partial charge < -0.3 is 14.8 Å². The first-order valence-electron chi connectivity index (χ1n) is 6.18. The number of rotatable bonds is 5. The zero-order valence-corrected chi connectivity index (χ0v) is 10.8. The highest BCUT2D eigenvalue weighted by Crippen LogP contribution is 2.16. The second-order valence-electron chi connectivity index (χ2n) is 4.57. The van der Waals surface area contributed by atoms with Crippen LogP contribution in [-0.2, 0) is 0 Å². The minimum absolute atomic E-state index is 0.204. The van der Waals surface area contributed by atoms with Gasteiger partial charge in [-0.25, -0.2) is 0 Å². The zero-order chi connectivity index (χ0) is 13.0. The Kier molecular flexibility index (Phi) is 4.18. The van der Waals surface area contributed by atoms with Crippen LogP contribution in [0, 0.1) is 6.92 Å². The van der Waals surface area contributed by atoms with Crippen LogP contribution in [0.3, 0.4) is 0 Å². The number of aliphatic hydroxyl groups excluding tert-OH is 1. The smallest absolute Gasteiger partial charge is 0.133 e. The minimum atomic E-state index is -0.604. The van der Waals surface area contributed by atoms with E-state index in [1.807, 2.05) is 0 Å². The number of nitrogens with one attached hydrogen (secondary N) is 1. The third-order valence-corrected chi connectivity index (χ3v) is 3.07. The van der Waals surface area contributed by atoms with Gasteiger partial charge in [-0.2, -0.15) is 0 Å². The molecule has 0 saturated carbocycles. The molecule has 0 amide bonds. The zero-order valence-electron chi connectivity index (χ0n) is 10.8. The Morgan fingerprint density at radius 1 is 1.22 bits per heavy atom. The summed E-state index contributed by atoms with van der Waals surface area (Å²) in [5.74, 6) is 0.596. The van der Waals surface area contributed by atoms with Crippen molar-refractivity contribution in [3.8, 4) is 0 Å². The van der Waals surface area contributed by atoms with Crippen molar-refractivity contribution in [3.05, 3.63) is 59.5 Å². The summed E-state index contributed by atoms with van der Waals surface area (Å²) in [6.45, 7) is 4.63. The van der Waals surface area contributed by atoms with Crippen LogP contribution in [0.5, 0.6) is 0 Å². The third kappa shape index (κ3) is 3.22. The Balaban J connectivity index is 1.88.